The van der Waals surface area contributed by atoms with E-state index in [1.165, 1.54) is 18.2 Å². The molecule has 0 bridgehead atoms. The van der Waals surface area contributed by atoms with E-state index in [-0.39, 0.29) is 27.2 Å². The normalized spacial score (nSPS) is 11.6. The van der Waals surface area contributed by atoms with E-state index < -0.39 is 29.0 Å². The van der Waals surface area contributed by atoms with Crippen molar-refractivity contribution in [3.63, 3.8) is 0 Å². The maximum atomic E-state index is 13.4. The largest absolute Gasteiger partial charge is 0.449 e. The SMILES string of the molecule is Nc1[nH]ncc1-c1nc(C(F)(F)F)c(Oc2ccc(Cl)c(Cl)c2)c(=O)[nH]1. The van der Waals surface area contributed by atoms with Crippen molar-refractivity contribution in [1.82, 2.24) is 20.2 Å². The number of benzene rings is 1. The Labute approximate surface area is 152 Å². The summed E-state index contributed by atoms with van der Waals surface area (Å²) in [5, 5.41) is 6.13. The molecule has 0 aliphatic heterocycles. The van der Waals surface area contributed by atoms with Crippen molar-refractivity contribution in [2.45, 2.75) is 6.18 Å². The molecule has 0 saturated heterocycles. The number of hydrogen-bond donors (Lipinski definition) is 3. The third kappa shape index (κ3) is 3.46. The van der Waals surface area contributed by atoms with Gasteiger partial charge in [-0.2, -0.15) is 18.3 Å². The predicted octanol–water partition coefficient (Wildman–Crippen LogP) is 3.86. The Kier molecular flexibility index (Phi) is 4.55. The Morgan fingerprint density at radius 1 is 1.19 bits per heavy atom. The number of ether oxygens (including phenoxy) is 1. The molecule has 0 spiro atoms. The molecule has 1 aromatic carbocycles. The minimum Gasteiger partial charge on any atom is -0.449 e. The molecule has 7 nitrogen and oxygen atoms in total. The Morgan fingerprint density at radius 2 is 1.92 bits per heavy atom. The van der Waals surface area contributed by atoms with Gasteiger partial charge >= 0.3 is 6.18 Å². The highest BCUT2D eigenvalue weighted by Crippen LogP contribution is 2.37. The summed E-state index contributed by atoms with van der Waals surface area (Å²) >= 11 is 11.5. The summed E-state index contributed by atoms with van der Waals surface area (Å²) in [5.41, 5.74) is 2.88. The highest BCUT2D eigenvalue weighted by molar-refractivity contribution is 6.42. The lowest BCUT2D eigenvalue weighted by Crippen LogP contribution is -2.20. The molecule has 2 heterocycles. The van der Waals surface area contributed by atoms with E-state index >= 15 is 0 Å². The number of nitrogens with zero attached hydrogens (tertiary/aromatic N) is 2. The van der Waals surface area contributed by atoms with Crippen LogP contribution < -0.4 is 16.0 Å². The number of nitrogen functional groups attached to an aromatic ring is 1. The molecule has 26 heavy (non-hydrogen) atoms. The molecule has 2 aromatic heterocycles. The van der Waals surface area contributed by atoms with Crippen LogP contribution >= 0.6 is 23.2 Å². The number of aromatic amines is 2. The second-order valence-electron chi connectivity index (χ2n) is 4.97. The number of nitrogens with two attached hydrogens (primary N) is 1. The number of alkyl halides is 3. The number of nitrogens with one attached hydrogen (secondary N) is 2. The molecule has 0 aliphatic carbocycles. The van der Waals surface area contributed by atoms with Crippen molar-refractivity contribution < 1.29 is 17.9 Å². The van der Waals surface area contributed by atoms with E-state index in [1.54, 1.807) is 0 Å². The molecule has 136 valence electrons. The lowest BCUT2D eigenvalue weighted by molar-refractivity contribution is -0.142. The van der Waals surface area contributed by atoms with Crippen LogP contribution in [0.25, 0.3) is 11.4 Å². The van der Waals surface area contributed by atoms with Crippen molar-refractivity contribution in [2.24, 2.45) is 0 Å². The molecule has 0 unspecified atom stereocenters. The third-order valence-corrected chi connectivity index (χ3v) is 3.92. The standard InChI is InChI=1S/C14H8Cl2F3N5O2/c15-7-2-1-5(3-8(7)16)26-9-10(14(17,18)19)22-12(23-13(9)25)6-4-21-24-11(6)20/h1-4H,(H3,20,21,24)(H,22,23,25). The fourth-order valence-electron chi connectivity index (χ4n) is 2.02. The first kappa shape index (κ1) is 18.1. The summed E-state index contributed by atoms with van der Waals surface area (Å²) < 4.78 is 45.3. The van der Waals surface area contributed by atoms with Crippen molar-refractivity contribution in [3.8, 4) is 22.9 Å². The molecular weight excluding hydrogens is 398 g/mol. The minimum atomic E-state index is -4.97. The predicted molar refractivity (Wildman–Crippen MR) is 88.4 cm³/mol. The molecule has 0 fully saturated rings. The lowest BCUT2D eigenvalue weighted by Gasteiger charge is -2.13. The molecule has 0 saturated carbocycles. The zero-order chi connectivity index (χ0) is 19.1. The summed E-state index contributed by atoms with van der Waals surface area (Å²) in [6.07, 6.45) is -3.83. The summed E-state index contributed by atoms with van der Waals surface area (Å²) in [6.45, 7) is 0. The van der Waals surface area contributed by atoms with Crippen molar-refractivity contribution in [1.29, 1.82) is 0 Å². The first-order chi connectivity index (χ1) is 12.2. The smallest absolute Gasteiger partial charge is 0.437 e. The second-order valence-corrected chi connectivity index (χ2v) is 5.78. The van der Waals surface area contributed by atoms with E-state index in [0.717, 1.165) is 6.20 Å². The molecule has 0 atom stereocenters. The summed E-state index contributed by atoms with van der Waals surface area (Å²) in [4.78, 5) is 17.8. The Bertz CT molecular complexity index is 1030. The van der Waals surface area contributed by atoms with Crippen LogP contribution in [0.2, 0.25) is 10.0 Å². The molecule has 4 N–H and O–H groups in total. The zero-order valence-electron chi connectivity index (χ0n) is 12.5. The van der Waals surface area contributed by atoms with Gasteiger partial charge in [0.1, 0.15) is 17.4 Å². The second kappa shape index (κ2) is 6.54. The van der Waals surface area contributed by atoms with Crippen LogP contribution in [0.4, 0.5) is 19.0 Å². The molecule has 12 heteroatoms. The van der Waals surface area contributed by atoms with Gasteiger partial charge in [-0.3, -0.25) is 9.89 Å². The quantitative estimate of drug-likeness (QED) is 0.612. The van der Waals surface area contributed by atoms with Gasteiger partial charge in [-0.25, -0.2) is 4.98 Å². The van der Waals surface area contributed by atoms with E-state index in [4.69, 9.17) is 33.7 Å². The average molecular weight is 406 g/mol. The Hall–Kier alpha value is -2.72. The van der Waals surface area contributed by atoms with Gasteiger partial charge < -0.3 is 15.5 Å². The molecular formula is C14H8Cl2F3N5O2. The Morgan fingerprint density at radius 3 is 2.50 bits per heavy atom. The van der Waals surface area contributed by atoms with E-state index in [9.17, 15) is 18.0 Å². The number of anilines is 1. The van der Waals surface area contributed by atoms with Gasteiger partial charge in [-0.05, 0) is 12.1 Å². The van der Waals surface area contributed by atoms with Crippen molar-refractivity contribution >= 4 is 29.0 Å². The Balaban J connectivity index is 2.14. The topological polar surface area (TPSA) is 110 Å². The average Bonchev–Trinajstić information content (AvgIpc) is 2.97. The summed E-state index contributed by atoms with van der Waals surface area (Å²) in [7, 11) is 0. The number of halogens is 5. The van der Waals surface area contributed by atoms with E-state index in [0.29, 0.717) is 0 Å². The van der Waals surface area contributed by atoms with E-state index in [2.05, 4.69) is 20.2 Å². The fraction of sp³-hybridized carbons (Fsp3) is 0.0714. The molecule has 3 rings (SSSR count). The van der Waals surface area contributed by atoms with Gasteiger partial charge in [0.15, 0.2) is 5.69 Å². The molecule has 0 radical (unpaired) electrons. The highest BCUT2D eigenvalue weighted by Gasteiger charge is 2.39. The number of hydrogen-bond acceptors (Lipinski definition) is 5. The molecule has 0 aliphatic rings. The molecule has 0 amide bonds. The van der Waals surface area contributed by atoms with Crippen molar-refractivity contribution in [2.75, 3.05) is 5.73 Å². The highest BCUT2D eigenvalue weighted by atomic mass is 35.5. The van der Waals surface area contributed by atoms with Crippen molar-refractivity contribution in [3.05, 3.63) is 50.5 Å². The van der Waals surface area contributed by atoms with Crippen LogP contribution in [-0.2, 0) is 6.18 Å². The van der Waals surface area contributed by atoms with Gasteiger partial charge in [-0.15, -0.1) is 0 Å². The van der Waals surface area contributed by atoms with Gasteiger partial charge in [0.2, 0.25) is 5.75 Å². The van der Waals surface area contributed by atoms with Gasteiger partial charge in [0.25, 0.3) is 5.56 Å². The summed E-state index contributed by atoms with van der Waals surface area (Å²) in [6, 6.07) is 3.75. The van der Waals surface area contributed by atoms with Gasteiger partial charge in [0, 0.05) is 6.07 Å². The minimum absolute atomic E-state index is 0.00804. The number of rotatable bonds is 3. The number of aromatic nitrogens is 4. The van der Waals surface area contributed by atoms with Gasteiger partial charge in [-0.1, -0.05) is 23.2 Å². The maximum Gasteiger partial charge on any atom is 0.437 e. The molecule has 3 aromatic rings. The fourth-order valence-corrected chi connectivity index (χ4v) is 2.31. The first-order valence-corrected chi connectivity index (χ1v) is 7.56. The maximum absolute atomic E-state index is 13.4. The summed E-state index contributed by atoms with van der Waals surface area (Å²) in [5.74, 6) is -1.62. The van der Waals surface area contributed by atoms with E-state index in [1.807, 2.05) is 0 Å². The zero-order valence-corrected chi connectivity index (χ0v) is 14.0. The number of H-pyrrole nitrogens is 2. The van der Waals surface area contributed by atoms with Crippen LogP contribution in [0.5, 0.6) is 11.5 Å². The van der Waals surface area contributed by atoms with Crippen LogP contribution in [-0.4, -0.2) is 20.2 Å². The monoisotopic (exact) mass is 405 g/mol. The van der Waals surface area contributed by atoms with Crippen LogP contribution in [0, 0.1) is 0 Å². The van der Waals surface area contributed by atoms with Crippen LogP contribution in [0.15, 0.2) is 29.2 Å². The first-order valence-electron chi connectivity index (χ1n) is 6.80. The van der Waals surface area contributed by atoms with Gasteiger partial charge in [0.05, 0.1) is 21.8 Å². The van der Waals surface area contributed by atoms with Crippen LogP contribution in [0.3, 0.4) is 0 Å². The third-order valence-electron chi connectivity index (χ3n) is 3.18. The van der Waals surface area contributed by atoms with Crippen LogP contribution in [0.1, 0.15) is 5.69 Å². The lowest BCUT2D eigenvalue weighted by atomic mass is 10.2.